The van der Waals surface area contributed by atoms with Crippen molar-refractivity contribution >= 4 is 38.8 Å². The molecule has 22 heavy (non-hydrogen) atoms. The van der Waals surface area contributed by atoms with Crippen LogP contribution in [0.15, 0.2) is 41.2 Å². The van der Waals surface area contributed by atoms with E-state index >= 15 is 0 Å². The van der Waals surface area contributed by atoms with E-state index in [0.29, 0.717) is 15.4 Å². The number of hydrogen-bond donors (Lipinski definition) is 2. The van der Waals surface area contributed by atoms with E-state index in [1.807, 2.05) is 37.3 Å². The first-order chi connectivity index (χ1) is 10.5. The zero-order valence-corrected chi connectivity index (χ0v) is 13.0. The number of H-pyrrole nitrogens is 1. The second kappa shape index (κ2) is 5.31. The lowest BCUT2D eigenvalue weighted by Gasteiger charge is -2.16. The molecule has 5 nitrogen and oxygen atoms in total. The van der Waals surface area contributed by atoms with Gasteiger partial charge in [-0.05, 0) is 24.6 Å². The molecule has 3 rings (SSSR count). The highest BCUT2D eigenvalue weighted by Crippen LogP contribution is 2.34. The van der Waals surface area contributed by atoms with Crippen molar-refractivity contribution < 1.29 is 4.79 Å². The van der Waals surface area contributed by atoms with E-state index in [4.69, 9.17) is 5.73 Å². The fourth-order valence-electron chi connectivity index (χ4n) is 2.42. The average molecular weight is 313 g/mol. The summed E-state index contributed by atoms with van der Waals surface area (Å²) in [6, 6.07) is 10.8. The monoisotopic (exact) mass is 313 g/mol. The summed E-state index contributed by atoms with van der Waals surface area (Å²) >= 11 is 1.21. The second-order valence-corrected chi connectivity index (χ2v) is 6.09. The van der Waals surface area contributed by atoms with Crippen LogP contribution < -0.4 is 16.2 Å². The molecule has 0 aliphatic rings. The number of rotatable bonds is 2. The maximum Gasteiger partial charge on any atom is 0.270 e. The molecule has 2 aromatic heterocycles. The number of nitrogens with one attached hydrogen (secondary N) is 1. The molecule has 0 fully saturated rings. The maximum atomic E-state index is 12.7. The van der Waals surface area contributed by atoms with Gasteiger partial charge in [0.05, 0.1) is 5.69 Å². The highest BCUT2D eigenvalue weighted by atomic mass is 32.1. The van der Waals surface area contributed by atoms with Gasteiger partial charge in [-0.3, -0.25) is 9.59 Å². The second-order valence-electron chi connectivity index (χ2n) is 5.07. The van der Waals surface area contributed by atoms with E-state index < -0.39 is 0 Å². The number of pyridine rings is 1. The predicted molar refractivity (Wildman–Crippen MR) is 90.8 cm³/mol. The van der Waals surface area contributed by atoms with E-state index in [9.17, 15) is 9.59 Å². The Morgan fingerprint density at radius 1 is 1.27 bits per heavy atom. The number of para-hydroxylation sites is 1. The van der Waals surface area contributed by atoms with Gasteiger partial charge in [-0.25, -0.2) is 0 Å². The molecular formula is C16H15N3O2S. The lowest BCUT2D eigenvalue weighted by molar-refractivity contribution is 0.0997. The van der Waals surface area contributed by atoms with Crippen LogP contribution in [0.25, 0.3) is 10.2 Å². The molecule has 0 spiro atoms. The zero-order chi connectivity index (χ0) is 15.9. The number of fused-ring (bicyclic) bond motifs is 1. The van der Waals surface area contributed by atoms with Crippen molar-refractivity contribution in [2.75, 3.05) is 17.7 Å². The van der Waals surface area contributed by atoms with Crippen LogP contribution in [0.2, 0.25) is 0 Å². The van der Waals surface area contributed by atoms with Crippen LogP contribution in [-0.4, -0.2) is 17.9 Å². The van der Waals surface area contributed by atoms with Crippen LogP contribution in [0, 0.1) is 6.92 Å². The third-order valence-corrected chi connectivity index (χ3v) is 4.68. The van der Waals surface area contributed by atoms with Crippen LogP contribution in [0.1, 0.15) is 15.2 Å². The number of amides is 1. The van der Waals surface area contributed by atoms with Crippen LogP contribution >= 0.6 is 11.3 Å². The van der Waals surface area contributed by atoms with Crippen molar-refractivity contribution in [3.8, 4) is 0 Å². The van der Waals surface area contributed by atoms with Crippen molar-refractivity contribution in [3.05, 3.63) is 57.2 Å². The molecule has 0 radical (unpaired) electrons. The van der Waals surface area contributed by atoms with Gasteiger partial charge in [0.25, 0.3) is 5.91 Å². The molecule has 1 aromatic carbocycles. The zero-order valence-electron chi connectivity index (χ0n) is 12.2. The van der Waals surface area contributed by atoms with E-state index in [1.54, 1.807) is 11.9 Å². The average Bonchev–Trinajstić information content (AvgIpc) is 2.83. The smallest absolute Gasteiger partial charge is 0.270 e. The molecule has 0 bridgehead atoms. The molecule has 1 amide bonds. The quantitative estimate of drug-likeness (QED) is 0.763. The lowest BCUT2D eigenvalue weighted by atomic mass is 10.1. The van der Waals surface area contributed by atoms with Crippen molar-refractivity contribution in [3.63, 3.8) is 0 Å². The Bertz CT molecular complexity index is 912. The maximum absolute atomic E-state index is 12.7. The summed E-state index contributed by atoms with van der Waals surface area (Å²) in [5, 5.41) is 0.745. The minimum absolute atomic E-state index is 0.190. The molecular weight excluding hydrogens is 298 g/mol. The number of aromatic amines is 1. The van der Waals surface area contributed by atoms with Gasteiger partial charge in [-0.1, -0.05) is 18.2 Å². The van der Waals surface area contributed by atoms with Crippen LogP contribution in [0.3, 0.4) is 0 Å². The molecule has 3 aromatic rings. The number of hydrogen-bond acceptors (Lipinski definition) is 4. The Hall–Kier alpha value is -2.60. The van der Waals surface area contributed by atoms with Gasteiger partial charge in [-0.15, -0.1) is 11.3 Å². The largest absolute Gasteiger partial charge is 0.397 e. The van der Waals surface area contributed by atoms with Gasteiger partial charge < -0.3 is 15.6 Å². The van der Waals surface area contributed by atoms with Gasteiger partial charge in [0, 0.05) is 24.2 Å². The van der Waals surface area contributed by atoms with Crippen molar-refractivity contribution in [2.45, 2.75) is 6.92 Å². The topological polar surface area (TPSA) is 79.2 Å². The number of benzene rings is 1. The van der Waals surface area contributed by atoms with Gasteiger partial charge in [0.1, 0.15) is 9.71 Å². The molecule has 0 unspecified atom stereocenters. The molecule has 0 saturated carbocycles. The minimum Gasteiger partial charge on any atom is -0.397 e. The molecule has 112 valence electrons. The van der Waals surface area contributed by atoms with E-state index in [0.717, 1.165) is 16.6 Å². The number of nitrogens with zero attached hydrogens (tertiary/aromatic N) is 1. The van der Waals surface area contributed by atoms with Gasteiger partial charge in [-0.2, -0.15) is 0 Å². The number of thiophene rings is 1. The fourth-order valence-corrected chi connectivity index (χ4v) is 3.59. The van der Waals surface area contributed by atoms with Crippen molar-refractivity contribution in [2.24, 2.45) is 0 Å². The number of carbonyl (C=O) groups excluding carboxylic acids is 1. The molecule has 0 atom stereocenters. The first-order valence-electron chi connectivity index (χ1n) is 6.74. The van der Waals surface area contributed by atoms with Crippen LogP contribution in [-0.2, 0) is 0 Å². The summed E-state index contributed by atoms with van der Waals surface area (Å²) in [6.07, 6.45) is 0. The molecule has 2 heterocycles. The molecule has 3 N–H and O–H groups in total. The summed E-state index contributed by atoms with van der Waals surface area (Å²) < 4.78 is 0. The van der Waals surface area contributed by atoms with Gasteiger partial charge in [0.2, 0.25) is 5.56 Å². The predicted octanol–water partition coefficient (Wildman–Crippen LogP) is 2.76. The lowest BCUT2D eigenvalue weighted by Crippen LogP contribution is -2.25. The number of anilines is 2. The summed E-state index contributed by atoms with van der Waals surface area (Å²) in [4.78, 5) is 29.6. The first-order valence-corrected chi connectivity index (χ1v) is 7.55. The third-order valence-electron chi connectivity index (χ3n) is 3.57. The number of nitrogens with two attached hydrogens (primary N) is 1. The van der Waals surface area contributed by atoms with E-state index in [2.05, 4.69) is 4.98 Å². The Morgan fingerprint density at radius 2 is 1.95 bits per heavy atom. The molecule has 6 heteroatoms. The highest BCUT2D eigenvalue weighted by molar-refractivity contribution is 7.21. The summed E-state index contributed by atoms with van der Waals surface area (Å²) in [5.41, 5.74) is 7.93. The molecule has 0 saturated heterocycles. The summed E-state index contributed by atoms with van der Waals surface area (Å²) in [7, 11) is 1.71. The number of carbonyl (C=O) groups is 1. The molecule has 0 aliphatic heterocycles. The normalized spacial score (nSPS) is 10.8. The Balaban J connectivity index is 2.10. The van der Waals surface area contributed by atoms with E-state index in [1.165, 1.54) is 17.4 Å². The standard InChI is InChI=1S/C16H15N3O2S/c1-9-8-11(20)18-15-12(9)13(17)14(22-15)16(21)19(2)10-6-4-3-5-7-10/h3-8H,17H2,1-2H3,(H,18,20). The number of aromatic nitrogens is 1. The van der Waals surface area contributed by atoms with Gasteiger partial charge in [0.15, 0.2) is 0 Å². The molecule has 0 aliphatic carbocycles. The Morgan fingerprint density at radius 3 is 2.64 bits per heavy atom. The van der Waals surface area contributed by atoms with Crippen molar-refractivity contribution in [1.82, 2.24) is 4.98 Å². The summed E-state index contributed by atoms with van der Waals surface area (Å²) in [6.45, 7) is 1.82. The SMILES string of the molecule is Cc1cc(=O)[nH]c2sc(C(=O)N(C)c3ccccc3)c(N)c12. The van der Waals surface area contributed by atoms with Crippen LogP contribution in [0.5, 0.6) is 0 Å². The number of aryl methyl sites for hydroxylation is 1. The summed E-state index contributed by atoms with van der Waals surface area (Å²) in [5.74, 6) is -0.190. The minimum atomic E-state index is -0.193. The highest BCUT2D eigenvalue weighted by Gasteiger charge is 2.22. The van der Waals surface area contributed by atoms with Gasteiger partial charge >= 0.3 is 0 Å². The van der Waals surface area contributed by atoms with E-state index in [-0.39, 0.29) is 11.5 Å². The first kappa shape index (κ1) is 14.3. The third kappa shape index (κ3) is 2.27. The number of nitrogen functional groups attached to an aromatic ring is 1. The Kier molecular flexibility index (Phi) is 3.46. The van der Waals surface area contributed by atoms with Crippen molar-refractivity contribution in [1.29, 1.82) is 0 Å². The van der Waals surface area contributed by atoms with Crippen LogP contribution in [0.4, 0.5) is 11.4 Å². The fraction of sp³-hybridized carbons (Fsp3) is 0.125. The Labute approximate surface area is 131 Å².